The third-order valence-corrected chi connectivity index (χ3v) is 7.23. The van der Waals surface area contributed by atoms with Crippen molar-refractivity contribution >= 4 is 23.2 Å². The highest BCUT2D eigenvalue weighted by Gasteiger charge is 2.17. The van der Waals surface area contributed by atoms with Crippen LogP contribution in [-0.2, 0) is 0 Å². The molecule has 6 rings (SSSR count). The Balaban J connectivity index is 1.07. The zero-order valence-corrected chi connectivity index (χ0v) is 22.0. The quantitative estimate of drug-likeness (QED) is 0.213. The minimum atomic E-state index is -0.161. The number of hydrogen-bond donors (Lipinski definition) is 6. The Hall–Kier alpha value is -4.34. The van der Waals surface area contributed by atoms with E-state index in [1.165, 1.54) is 0 Å². The molecule has 2 amide bonds. The van der Waals surface area contributed by atoms with Crippen molar-refractivity contribution in [2.75, 3.05) is 36.8 Å². The molecule has 2 fully saturated rings. The van der Waals surface area contributed by atoms with E-state index in [0.29, 0.717) is 11.1 Å². The summed E-state index contributed by atoms with van der Waals surface area (Å²) in [5.41, 5.74) is 6.79. The topological polar surface area (TPSA) is 106 Å². The van der Waals surface area contributed by atoms with Gasteiger partial charge in [0.25, 0.3) is 11.8 Å². The lowest BCUT2D eigenvalue weighted by Crippen LogP contribution is -2.21. The highest BCUT2D eigenvalue weighted by Crippen LogP contribution is 2.23. The van der Waals surface area contributed by atoms with Crippen LogP contribution in [0.5, 0.6) is 0 Å². The van der Waals surface area contributed by atoms with Gasteiger partial charge in [-0.05, 0) is 70.8 Å². The second-order valence-electron chi connectivity index (χ2n) is 10.00. The molecule has 4 aromatic rings. The Bertz CT molecular complexity index is 1380. The number of carbonyl (C=O) groups is 2. The number of rotatable bonds is 7. The van der Waals surface area contributed by atoms with Crippen LogP contribution < -0.4 is 31.9 Å². The molecule has 202 valence electrons. The highest BCUT2D eigenvalue weighted by molar-refractivity contribution is 6.05. The largest absolute Gasteiger partial charge is 0.322 e. The van der Waals surface area contributed by atoms with E-state index in [9.17, 15) is 9.59 Å². The molecule has 6 N–H and O–H groups in total. The number of hydrogen-bond acceptors (Lipinski definition) is 6. The molecular weight excluding hydrogens is 500 g/mol. The Morgan fingerprint density at radius 1 is 0.525 bits per heavy atom. The number of benzene rings is 4. The van der Waals surface area contributed by atoms with Gasteiger partial charge in [0.2, 0.25) is 0 Å². The average Bonchev–Trinajstić information content (AvgIpc) is 3.73. The van der Waals surface area contributed by atoms with E-state index in [1.807, 2.05) is 97.1 Å². The van der Waals surface area contributed by atoms with Crippen molar-refractivity contribution in [3.05, 3.63) is 119 Å². The van der Waals surface area contributed by atoms with Crippen LogP contribution in [0, 0.1) is 0 Å². The van der Waals surface area contributed by atoms with Crippen molar-refractivity contribution in [2.24, 2.45) is 0 Å². The Labute approximate surface area is 233 Å². The van der Waals surface area contributed by atoms with Crippen LogP contribution in [0.15, 0.2) is 97.1 Å². The first kappa shape index (κ1) is 25.9. The van der Waals surface area contributed by atoms with Gasteiger partial charge in [-0.2, -0.15) is 0 Å². The van der Waals surface area contributed by atoms with Gasteiger partial charge >= 0.3 is 0 Å². The van der Waals surface area contributed by atoms with Gasteiger partial charge in [-0.1, -0.05) is 48.5 Å². The third-order valence-electron chi connectivity index (χ3n) is 7.23. The van der Waals surface area contributed by atoms with Gasteiger partial charge in [0.15, 0.2) is 0 Å². The molecule has 8 nitrogen and oxygen atoms in total. The fourth-order valence-corrected chi connectivity index (χ4v) is 5.11. The molecule has 0 radical (unpaired) electrons. The van der Waals surface area contributed by atoms with Gasteiger partial charge < -0.3 is 10.6 Å². The van der Waals surface area contributed by atoms with Gasteiger partial charge in [-0.25, -0.2) is 0 Å². The zero-order valence-electron chi connectivity index (χ0n) is 22.0. The molecule has 2 saturated heterocycles. The van der Waals surface area contributed by atoms with Crippen LogP contribution in [0.4, 0.5) is 11.4 Å². The van der Waals surface area contributed by atoms with Crippen molar-refractivity contribution in [1.29, 1.82) is 0 Å². The van der Waals surface area contributed by atoms with Crippen molar-refractivity contribution < 1.29 is 9.59 Å². The SMILES string of the molecule is O=C(Nc1cccc(C2NCCN2)c1)c1ccc(-c2ccc(C(=O)Nc3cccc(C4NCCN4)c3)cc2)cc1. The van der Waals surface area contributed by atoms with E-state index in [1.54, 1.807) is 0 Å². The Morgan fingerprint density at radius 3 is 1.27 bits per heavy atom. The van der Waals surface area contributed by atoms with Gasteiger partial charge in [0, 0.05) is 48.7 Å². The summed E-state index contributed by atoms with van der Waals surface area (Å²) in [5, 5.41) is 19.5. The molecule has 2 aliphatic rings. The van der Waals surface area contributed by atoms with Crippen LogP contribution in [0.3, 0.4) is 0 Å². The first-order chi connectivity index (χ1) is 19.6. The predicted molar refractivity (Wildman–Crippen MR) is 158 cm³/mol. The van der Waals surface area contributed by atoms with Crippen molar-refractivity contribution in [3.63, 3.8) is 0 Å². The lowest BCUT2D eigenvalue weighted by molar-refractivity contribution is 0.101. The smallest absolute Gasteiger partial charge is 0.255 e. The molecule has 8 heteroatoms. The molecule has 40 heavy (non-hydrogen) atoms. The van der Waals surface area contributed by atoms with E-state index in [4.69, 9.17) is 0 Å². The van der Waals surface area contributed by atoms with Crippen molar-refractivity contribution in [2.45, 2.75) is 12.3 Å². The summed E-state index contributed by atoms with van der Waals surface area (Å²) in [6.45, 7) is 3.70. The average molecular weight is 533 g/mol. The van der Waals surface area contributed by atoms with E-state index >= 15 is 0 Å². The molecule has 4 aromatic carbocycles. The summed E-state index contributed by atoms with van der Waals surface area (Å²) < 4.78 is 0. The minimum Gasteiger partial charge on any atom is -0.322 e. The lowest BCUT2D eigenvalue weighted by atomic mass is 10.0. The molecule has 2 aliphatic heterocycles. The van der Waals surface area contributed by atoms with E-state index in [2.05, 4.69) is 31.9 Å². The predicted octanol–water partition coefficient (Wildman–Crippen LogP) is 4.24. The van der Waals surface area contributed by atoms with Crippen LogP contribution in [-0.4, -0.2) is 38.0 Å². The van der Waals surface area contributed by atoms with Gasteiger partial charge in [-0.15, -0.1) is 0 Å². The minimum absolute atomic E-state index is 0.108. The summed E-state index contributed by atoms with van der Waals surface area (Å²) in [4.78, 5) is 25.7. The molecule has 0 atom stereocenters. The summed E-state index contributed by atoms with van der Waals surface area (Å²) in [6.07, 6.45) is 0.216. The molecule has 0 unspecified atom stereocenters. The molecule has 0 saturated carbocycles. The molecule has 0 aliphatic carbocycles. The van der Waals surface area contributed by atoms with E-state index < -0.39 is 0 Å². The first-order valence-electron chi connectivity index (χ1n) is 13.6. The second kappa shape index (κ2) is 11.8. The lowest BCUT2D eigenvalue weighted by Gasteiger charge is -2.13. The fourth-order valence-electron chi connectivity index (χ4n) is 5.11. The number of carbonyl (C=O) groups excluding carboxylic acids is 2. The highest BCUT2D eigenvalue weighted by atomic mass is 16.2. The Morgan fingerprint density at radius 2 is 0.900 bits per heavy atom. The monoisotopic (exact) mass is 532 g/mol. The van der Waals surface area contributed by atoms with Crippen LogP contribution in [0.25, 0.3) is 11.1 Å². The molecule has 0 spiro atoms. The van der Waals surface area contributed by atoms with Gasteiger partial charge in [0.1, 0.15) is 0 Å². The molecule has 0 aromatic heterocycles. The van der Waals surface area contributed by atoms with Crippen molar-refractivity contribution in [3.8, 4) is 11.1 Å². The fraction of sp³-hybridized carbons (Fsp3) is 0.188. The van der Waals surface area contributed by atoms with Gasteiger partial charge in [0.05, 0.1) is 12.3 Å². The number of nitrogens with one attached hydrogen (secondary N) is 6. The summed E-state index contributed by atoms with van der Waals surface area (Å²) in [5.74, 6) is -0.321. The number of anilines is 2. The maximum absolute atomic E-state index is 12.9. The number of amides is 2. The summed E-state index contributed by atoms with van der Waals surface area (Å²) in [7, 11) is 0. The maximum atomic E-state index is 12.9. The van der Waals surface area contributed by atoms with Gasteiger partial charge in [-0.3, -0.25) is 30.9 Å². The summed E-state index contributed by atoms with van der Waals surface area (Å²) >= 11 is 0. The molecule has 0 bridgehead atoms. The summed E-state index contributed by atoms with van der Waals surface area (Å²) in [6, 6.07) is 30.7. The van der Waals surface area contributed by atoms with Crippen LogP contribution >= 0.6 is 0 Å². The van der Waals surface area contributed by atoms with E-state index in [0.717, 1.165) is 59.8 Å². The standard InChI is InChI=1S/C32H32N6O2/c39-31(37-27-5-1-3-25(19-27)29-33-15-16-34-29)23-11-7-21(8-12-23)22-9-13-24(14-10-22)32(40)38-28-6-2-4-26(20-28)30-35-17-18-36-30/h1-14,19-20,29-30,33-36H,15-18H2,(H,37,39)(H,38,40). The Kier molecular flexibility index (Phi) is 7.65. The zero-order chi connectivity index (χ0) is 27.3. The maximum Gasteiger partial charge on any atom is 0.255 e. The van der Waals surface area contributed by atoms with Crippen LogP contribution in [0.1, 0.15) is 44.2 Å². The third kappa shape index (κ3) is 5.95. The normalized spacial score (nSPS) is 15.7. The molecule has 2 heterocycles. The van der Waals surface area contributed by atoms with Crippen LogP contribution in [0.2, 0.25) is 0 Å². The first-order valence-corrected chi connectivity index (χ1v) is 13.6. The second-order valence-corrected chi connectivity index (χ2v) is 10.00. The molecular formula is C32H32N6O2. The van der Waals surface area contributed by atoms with E-state index in [-0.39, 0.29) is 24.1 Å². The van der Waals surface area contributed by atoms with Crippen molar-refractivity contribution in [1.82, 2.24) is 21.3 Å².